The van der Waals surface area contributed by atoms with Crippen LogP contribution in [0.5, 0.6) is 0 Å². The lowest BCUT2D eigenvalue weighted by Crippen LogP contribution is -2.46. The molecule has 5 aromatic carbocycles. The van der Waals surface area contributed by atoms with Gasteiger partial charge in [-0.05, 0) is 95.7 Å². The van der Waals surface area contributed by atoms with Crippen molar-refractivity contribution in [1.29, 1.82) is 0 Å². The fourth-order valence-corrected chi connectivity index (χ4v) is 11.6. The van der Waals surface area contributed by atoms with E-state index in [-0.39, 0.29) is 113 Å². The molecule has 2 unspecified atom stereocenters. The molecule has 0 saturated carbocycles. The number of nitrogens with zero attached hydrogens (tertiary/aromatic N) is 4. The van der Waals surface area contributed by atoms with Gasteiger partial charge in [0.05, 0.1) is 82.2 Å². The Kier molecular flexibility index (Phi) is 28.5. The van der Waals surface area contributed by atoms with Crippen molar-refractivity contribution in [1.82, 2.24) is 21.0 Å². The van der Waals surface area contributed by atoms with Crippen LogP contribution in [0.15, 0.2) is 131 Å². The molecule has 4 atom stereocenters. The van der Waals surface area contributed by atoms with Crippen LogP contribution < -0.4 is 32.3 Å². The first kappa shape index (κ1) is 71.8. The molecule has 0 saturated heterocycles. The van der Waals surface area contributed by atoms with E-state index in [0.717, 1.165) is 76.3 Å². The van der Waals surface area contributed by atoms with E-state index in [2.05, 4.69) is 62.9 Å². The first-order chi connectivity index (χ1) is 46.1. The Morgan fingerprint density at radius 3 is 2.03 bits per heavy atom. The molecule has 8 rings (SSSR count). The number of unbranched alkanes of at least 4 members (excludes halogenated alkanes) is 1. The van der Waals surface area contributed by atoms with Crippen molar-refractivity contribution >= 4 is 64.2 Å². The number of para-hydroxylation sites is 2. The number of benzene rings is 5. The minimum absolute atomic E-state index is 0.00244. The van der Waals surface area contributed by atoms with Crippen LogP contribution in [0, 0.1) is 23.7 Å². The number of alkyl carbamates (subject to hydrolysis) is 1. The van der Waals surface area contributed by atoms with Crippen LogP contribution in [0.3, 0.4) is 0 Å². The largest absolute Gasteiger partial charge is 0.445 e. The van der Waals surface area contributed by atoms with Crippen molar-refractivity contribution < 1.29 is 57.2 Å². The van der Waals surface area contributed by atoms with Gasteiger partial charge < -0.3 is 56.0 Å². The molecular formula is C74H91N9O12. The second-order valence-electron chi connectivity index (χ2n) is 24.3. The summed E-state index contributed by atoms with van der Waals surface area (Å²) >= 11 is 0. The highest BCUT2D eigenvalue weighted by molar-refractivity contribution is 6.44. The second-order valence-corrected chi connectivity index (χ2v) is 24.3. The number of rotatable bonds is 40. The maximum atomic E-state index is 13.9. The lowest BCUT2D eigenvalue weighted by atomic mass is 9.82. The molecule has 0 bridgehead atoms. The minimum atomic E-state index is -0.901. The van der Waals surface area contributed by atoms with Crippen molar-refractivity contribution in [3.63, 3.8) is 0 Å². The average molecular weight is 1300 g/mol. The fraction of sp³-hybridized carbons (Fsp3) is 0.446. The topological polar surface area (TPSA) is 285 Å². The van der Waals surface area contributed by atoms with Crippen LogP contribution >= 0.6 is 0 Å². The molecule has 0 aliphatic carbocycles. The van der Waals surface area contributed by atoms with E-state index in [1.807, 2.05) is 92.7 Å². The SMILES string of the molecule is CCCCN1N=C2C(N)=Nc3ccccc3C2C1Cc1ccc(CNC(=O)OCc2ccc(CC(=O)[C@H](CCCNC(N)=O)NC(=O)[C@@H](CC(=O)CCOCCOCCOCCOCCCC(=O)CCC(=O)N3Cc4ccccc4C#Cc4ccccc43)C(C)C)cc2)cc1. The molecule has 21 nitrogen and oxygen atoms in total. The maximum absolute atomic E-state index is 13.9. The van der Waals surface area contributed by atoms with Crippen molar-refractivity contribution in [3.8, 4) is 11.8 Å². The Labute approximate surface area is 557 Å². The zero-order valence-electron chi connectivity index (χ0n) is 55.0. The van der Waals surface area contributed by atoms with Gasteiger partial charge in [-0.3, -0.25) is 29.0 Å². The smallest absolute Gasteiger partial charge is 0.407 e. The van der Waals surface area contributed by atoms with Crippen LogP contribution in [0.1, 0.15) is 135 Å². The molecule has 0 aromatic heterocycles. The number of nitrogens with one attached hydrogen (secondary N) is 3. The quantitative estimate of drug-likeness (QED) is 0.0181. The summed E-state index contributed by atoms with van der Waals surface area (Å²) in [5.74, 6) is 5.05. The summed E-state index contributed by atoms with van der Waals surface area (Å²) in [6.45, 7) is 10.0. The standard InChI is InChI=1S/C74H91N9O12/c1-4-5-36-83-66(69-61-18-9-10-19-63(61)79-71(75)70(69)81-83)45-52-22-26-54(27-23-52)48-78-74(90)95-50-55-28-24-53(25-29-55)46-67(86)64(20-12-35-77-73(76)89)80-72(88)62(51(2)3)47-60(85)34-38-92-40-42-94-44-43-93-41-39-91-37-13-17-59(84)32-33-68(87)82-49-58-16-7-6-14-56(58)30-31-57-15-8-11-21-65(57)82/h6-11,14-16,18-19,21-29,51,62,64,66,69H,4-5,12-13,17,20,32-50H2,1-3H3,(H2,75,79)(H,78,90)(H,80,88)(H3,76,77,89)/t62-,64-,66?,69?/m0/s1. The van der Waals surface area contributed by atoms with Crippen LogP contribution in [0.25, 0.3) is 0 Å². The summed E-state index contributed by atoms with van der Waals surface area (Å²) in [5, 5.41) is 15.4. The molecule has 21 heteroatoms. The number of urea groups is 1. The van der Waals surface area contributed by atoms with Gasteiger partial charge in [-0.15, -0.1) is 0 Å². The molecule has 3 aliphatic rings. The van der Waals surface area contributed by atoms with Crippen LogP contribution in [0.2, 0.25) is 0 Å². The number of hydrogen-bond donors (Lipinski definition) is 5. The molecule has 5 aromatic rings. The number of Topliss-reactive ketones (excluding diaryl/α,β-unsaturated/α-hetero) is 3. The molecular weight excluding hydrogens is 1210 g/mol. The summed E-state index contributed by atoms with van der Waals surface area (Å²) in [4.78, 5) is 97.6. The molecule has 0 radical (unpaired) electrons. The maximum Gasteiger partial charge on any atom is 0.407 e. The van der Waals surface area contributed by atoms with E-state index >= 15 is 0 Å². The van der Waals surface area contributed by atoms with Crippen molar-refractivity contribution in [3.05, 3.63) is 166 Å². The van der Waals surface area contributed by atoms with Gasteiger partial charge in [0.15, 0.2) is 5.78 Å². The summed E-state index contributed by atoms with van der Waals surface area (Å²) in [6.07, 6.45) is 4.00. The van der Waals surface area contributed by atoms with Crippen molar-refractivity contribution in [2.45, 2.75) is 136 Å². The molecule has 3 heterocycles. The first-order valence-electron chi connectivity index (χ1n) is 33.2. The van der Waals surface area contributed by atoms with Gasteiger partial charge in [0.1, 0.15) is 29.7 Å². The van der Waals surface area contributed by atoms with Gasteiger partial charge >= 0.3 is 12.1 Å². The Morgan fingerprint density at radius 1 is 0.663 bits per heavy atom. The van der Waals surface area contributed by atoms with Gasteiger partial charge in [-0.25, -0.2) is 14.6 Å². The number of nitrogens with two attached hydrogens (primary N) is 2. The van der Waals surface area contributed by atoms with Gasteiger partial charge in [0, 0.05) is 81.8 Å². The number of primary amides is 1. The number of amidine groups is 1. The van der Waals surface area contributed by atoms with E-state index in [4.69, 9.17) is 40.3 Å². The number of ketones is 3. The molecule has 7 N–H and O–H groups in total. The predicted octanol–water partition coefficient (Wildman–Crippen LogP) is 9.09. The Morgan fingerprint density at radius 2 is 1.31 bits per heavy atom. The number of anilines is 1. The zero-order valence-corrected chi connectivity index (χ0v) is 55.0. The Balaban J connectivity index is 0.665. The second kappa shape index (κ2) is 37.7. The number of carbonyl (C=O) groups is 7. The highest BCUT2D eigenvalue weighted by atomic mass is 16.6. The number of hydrazone groups is 1. The van der Waals surface area contributed by atoms with E-state index in [0.29, 0.717) is 82.4 Å². The van der Waals surface area contributed by atoms with E-state index in [1.54, 1.807) is 29.2 Å². The predicted molar refractivity (Wildman–Crippen MR) is 364 cm³/mol. The average Bonchev–Trinajstić information content (AvgIpc) is 1.64. The monoisotopic (exact) mass is 1300 g/mol. The minimum Gasteiger partial charge on any atom is -0.445 e. The lowest BCUT2D eigenvalue weighted by Gasteiger charge is -2.30. The summed E-state index contributed by atoms with van der Waals surface area (Å²) in [7, 11) is 0. The van der Waals surface area contributed by atoms with E-state index in [9.17, 15) is 33.6 Å². The number of hydrogen-bond acceptors (Lipinski definition) is 16. The zero-order chi connectivity index (χ0) is 67.3. The van der Waals surface area contributed by atoms with Crippen molar-refractivity contribution in [2.24, 2.45) is 33.4 Å². The van der Waals surface area contributed by atoms with Crippen molar-refractivity contribution in [2.75, 3.05) is 70.8 Å². The van der Waals surface area contributed by atoms with Crippen LogP contribution in [0.4, 0.5) is 21.0 Å². The number of aliphatic imine (C=N–C) groups is 1. The third kappa shape index (κ3) is 22.6. The first-order valence-corrected chi connectivity index (χ1v) is 33.2. The summed E-state index contributed by atoms with van der Waals surface area (Å²) in [5.41, 5.74) is 21.4. The number of carbonyl (C=O) groups excluding carboxylic acids is 7. The van der Waals surface area contributed by atoms with Gasteiger partial charge in [-0.1, -0.05) is 136 Å². The lowest BCUT2D eigenvalue weighted by molar-refractivity contribution is -0.134. The Bertz CT molecular complexity index is 3530. The number of ether oxygens (including phenoxy) is 5. The van der Waals surface area contributed by atoms with E-state index in [1.165, 1.54) is 0 Å². The molecule has 3 aliphatic heterocycles. The normalized spacial score (nSPS) is 15.0. The van der Waals surface area contributed by atoms with E-state index < -0.39 is 30.0 Å². The van der Waals surface area contributed by atoms with Gasteiger partial charge in [-0.2, -0.15) is 5.10 Å². The number of amides is 5. The van der Waals surface area contributed by atoms with Gasteiger partial charge in [0.2, 0.25) is 11.8 Å². The molecule has 5 amide bonds. The highest BCUT2D eigenvalue weighted by Gasteiger charge is 2.42. The van der Waals surface area contributed by atoms with Gasteiger partial charge in [0.25, 0.3) is 0 Å². The molecule has 0 spiro atoms. The molecule has 0 fully saturated rings. The van der Waals surface area contributed by atoms with Crippen LogP contribution in [-0.2, 0) is 80.2 Å². The third-order valence-corrected chi connectivity index (χ3v) is 16.9. The fourth-order valence-electron chi connectivity index (χ4n) is 11.6. The van der Waals surface area contributed by atoms with Crippen LogP contribution in [-0.4, -0.2) is 136 Å². The highest BCUT2D eigenvalue weighted by Crippen LogP contribution is 2.41. The number of fused-ring (bicyclic) bond motifs is 5. The third-order valence-electron chi connectivity index (χ3n) is 16.9. The molecule has 504 valence electrons. The summed E-state index contributed by atoms with van der Waals surface area (Å²) in [6, 6.07) is 37.2. The summed E-state index contributed by atoms with van der Waals surface area (Å²) < 4.78 is 28.0. The Hall–Kier alpha value is -9.07. The molecule has 95 heavy (non-hydrogen) atoms.